The second-order valence-corrected chi connectivity index (χ2v) is 14.4. The summed E-state index contributed by atoms with van der Waals surface area (Å²) in [5, 5.41) is 2.40. The van der Waals surface area contributed by atoms with E-state index in [-0.39, 0.29) is 0 Å². The Morgan fingerprint density at radius 2 is 0.586 bits per heavy atom. The predicted molar refractivity (Wildman–Crippen MR) is 241 cm³/mol. The van der Waals surface area contributed by atoms with Crippen molar-refractivity contribution in [1.82, 2.24) is 15.0 Å². The topological polar surface area (TPSA) is 38.7 Å². The largest absolute Gasteiger partial charge is 0.208 e. The molecule has 0 radical (unpaired) electrons. The molecule has 0 spiro atoms. The summed E-state index contributed by atoms with van der Waals surface area (Å²) in [6, 6.07) is 78.9. The van der Waals surface area contributed by atoms with Crippen molar-refractivity contribution in [2.45, 2.75) is 0 Å². The predicted octanol–water partition coefficient (Wildman–Crippen LogP) is 14.4. The summed E-state index contributed by atoms with van der Waals surface area (Å²) in [5.74, 6) is 1.86. The lowest BCUT2D eigenvalue weighted by molar-refractivity contribution is 1.07. The molecule has 0 aliphatic carbocycles. The van der Waals surface area contributed by atoms with Crippen molar-refractivity contribution in [2.75, 3.05) is 0 Å². The second kappa shape index (κ2) is 15.4. The van der Waals surface area contributed by atoms with E-state index in [2.05, 4.69) is 206 Å². The van der Waals surface area contributed by atoms with E-state index in [0.717, 1.165) is 55.6 Å². The highest BCUT2D eigenvalue weighted by atomic mass is 15.0. The summed E-state index contributed by atoms with van der Waals surface area (Å²) >= 11 is 0. The normalized spacial score (nSPS) is 11.1. The molecule has 1 aromatic heterocycles. The van der Waals surface area contributed by atoms with Crippen molar-refractivity contribution in [3.63, 3.8) is 0 Å². The van der Waals surface area contributed by atoms with Crippen LogP contribution in [0.3, 0.4) is 0 Å². The van der Waals surface area contributed by atoms with E-state index in [4.69, 9.17) is 15.0 Å². The number of hydrogen-bond donors (Lipinski definition) is 0. The number of hydrogen-bond acceptors (Lipinski definition) is 3. The van der Waals surface area contributed by atoms with Gasteiger partial charge in [-0.15, -0.1) is 0 Å². The monoisotopic (exact) mass is 739 g/mol. The molecular weight excluding hydrogens is 703 g/mol. The highest BCUT2D eigenvalue weighted by Gasteiger charge is 2.18. The van der Waals surface area contributed by atoms with Gasteiger partial charge in [0, 0.05) is 16.7 Å². The van der Waals surface area contributed by atoms with E-state index in [9.17, 15) is 0 Å². The van der Waals surface area contributed by atoms with Gasteiger partial charge < -0.3 is 0 Å². The first-order valence-corrected chi connectivity index (χ1v) is 19.6. The SMILES string of the molecule is c1ccc(-c2ccc(-c3ccc(-c4nc(-c5ccc(-c6ccccc6)cc5)nc(-c5cc(-c6cccc7ccccc67)ccc5-c5ccccc5)n4)cc3)cc2)cc1. The van der Waals surface area contributed by atoms with Gasteiger partial charge in [0.2, 0.25) is 0 Å². The van der Waals surface area contributed by atoms with Crippen molar-refractivity contribution in [3.05, 3.63) is 224 Å². The molecule has 0 aliphatic heterocycles. The van der Waals surface area contributed by atoms with Gasteiger partial charge in [-0.2, -0.15) is 0 Å². The van der Waals surface area contributed by atoms with Gasteiger partial charge in [0.15, 0.2) is 17.5 Å². The van der Waals surface area contributed by atoms with Crippen molar-refractivity contribution in [1.29, 1.82) is 0 Å². The minimum absolute atomic E-state index is 0.618. The van der Waals surface area contributed by atoms with Crippen LogP contribution in [0.25, 0.3) is 101 Å². The van der Waals surface area contributed by atoms with Gasteiger partial charge in [-0.05, 0) is 72.5 Å². The molecule has 0 saturated heterocycles. The van der Waals surface area contributed by atoms with Crippen LogP contribution in [0, 0.1) is 0 Å². The molecule has 10 rings (SSSR count). The summed E-state index contributed by atoms with van der Waals surface area (Å²) in [6.45, 7) is 0. The zero-order valence-corrected chi connectivity index (χ0v) is 31.7. The molecule has 58 heavy (non-hydrogen) atoms. The maximum Gasteiger partial charge on any atom is 0.164 e. The number of aromatic nitrogens is 3. The first kappa shape index (κ1) is 34.7. The molecule has 0 bridgehead atoms. The minimum Gasteiger partial charge on any atom is -0.208 e. The standard InChI is InChI=1S/C55H37N3/c1-4-13-38(14-5-1)40-23-25-42(26-24-40)43-29-33-47(34-30-43)54-56-53(46-31-27-41(28-32-46)39-15-6-2-7-16-39)57-55(58-54)52-37-48(35-36-51(52)44-17-8-3-9-18-44)50-22-12-20-45-19-10-11-21-49(45)50/h1-37H. The Bertz CT molecular complexity index is 2990. The van der Waals surface area contributed by atoms with Gasteiger partial charge >= 0.3 is 0 Å². The lowest BCUT2D eigenvalue weighted by atomic mass is 9.92. The molecule has 0 unspecified atom stereocenters. The molecule has 3 heteroatoms. The summed E-state index contributed by atoms with van der Waals surface area (Å²) in [6.07, 6.45) is 0. The minimum atomic E-state index is 0.618. The van der Waals surface area contributed by atoms with E-state index in [1.807, 2.05) is 18.2 Å². The van der Waals surface area contributed by atoms with Gasteiger partial charge in [0.1, 0.15) is 0 Å². The van der Waals surface area contributed by atoms with E-state index in [1.54, 1.807) is 0 Å². The van der Waals surface area contributed by atoms with E-state index in [1.165, 1.54) is 27.5 Å². The number of benzene rings is 9. The van der Waals surface area contributed by atoms with Crippen LogP contribution in [-0.2, 0) is 0 Å². The summed E-state index contributed by atoms with van der Waals surface area (Å²) < 4.78 is 0. The Kier molecular flexibility index (Phi) is 9.23. The van der Waals surface area contributed by atoms with E-state index < -0.39 is 0 Å². The second-order valence-electron chi connectivity index (χ2n) is 14.4. The van der Waals surface area contributed by atoms with Gasteiger partial charge in [-0.1, -0.05) is 218 Å². The van der Waals surface area contributed by atoms with Crippen LogP contribution < -0.4 is 0 Å². The molecule has 0 N–H and O–H groups in total. The molecule has 10 aromatic rings. The van der Waals surface area contributed by atoms with Crippen LogP contribution in [0.5, 0.6) is 0 Å². The van der Waals surface area contributed by atoms with Crippen molar-refractivity contribution < 1.29 is 0 Å². The Balaban J connectivity index is 1.11. The Morgan fingerprint density at radius 3 is 1.10 bits per heavy atom. The van der Waals surface area contributed by atoms with Crippen molar-refractivity contribution in [3.8, 4) is 89.8 Å². The third kappa shape index (κ3) is 6.98. The highest BCUT2D eigenvalue weighted by Crippen LogP contribution is 2.38. The van der Waals surface area contributed by atoms with Gasteiger partial charge in [-0.25, -0.2) is 15.0 Å². The van der Waals surface area contributed by atoms with Crippen LogP contribution in [-0.4, -0.2) is 15.0 Å². The quantitative estimate of drug-likeness (QED) is 0.156. The van der Waals surface area contributed by atoms with E-state index >= 15 is 0 Å². The van der Waals surface area contributed by atoms with Crippen LogP contribution in [0.4, 0.5) is 0 Å². The molecule has 272 valence electrons. The zero-order valence-electron chi connectivity index (χ0n) is 31.7. The van der Waals surface area contributed by atoms with Crippen molar-refractivity contribution in [2.24, 2.45) is 0 Å². The molecule has 0 fully saturated rings. The van der Waals surface area contributed by atoms with Gasteiger partial charge in [-0.3, -0.25) is 0 Å². The molecule has 0 atom stereocenters. The zero-order chi connectivity index (χ0) is 38.7. The average Bonchev–Trinajstić information content (AvgIpc) is 3.32. The van der Waals surface area contributed by atoms with Gasteiger partial charge in [0.05, 0.1) is 0 Å². The van der Waals surface area contributed by atoms with E-state index in [0.29, 0.717) is 17.5 Å². The molecule has 0 saturated carbocycles. The lowest BCUT2D eigenvalue weighted by Crippen LogP contribution is -2.01. The molecular formula is C55H37N3. The maximum absolute atomic E-state index is 5.27. The first-order valence-electron chi connectivity index (χ1n) is 19.6. The molecule has 3 nitrogen and oxygen atoms in total. The fourth-order valence-corrected chi connectivity index (χ4v) is 7.74. The highest BCUT2D eigenvalue weighted by molar-refractivity contribution is 5.98. The van der Waals surface area contributed by atoms with Gasteiger partial charge in [0.25, 0.3) is 0 Å². The fraction of sp³-hybridized carbons (Fsp3) is 0. The third-order valence-corrected chi connectivity index (χ3v) is 10.8. The summed E-state index contributed by atoms with van der Waals surface area (Å²) in [4.78, 5) is 15.7. The fourth-order valence-electron chi connectivity index (χ4n) is 7.74. The Morgan fingerprint density at radius 1 is 0.207 bits per heavy atom. The molecule has 0 aliphatic rings. The average molecular weight is 740 g/mol. The smallest absolute Gasteiger partial charge is 0.164 e. The summed E-state index contributed by atoms with van der Waals surface area (Å²) in [5.41, 5.74) is 14.2. The summed E-state index contributed by atoms with van der Waals surface area (Å²) in [7, 11) is 0. The maximum atomic E-state index is 5.27. The number of rotatable bonds is 8. The molecule has 0 amide bonds. The van der Waals surface area contributed by atoms with Crippen molar-refractivity contribution >= 4 is 10.8 Å². The number of fused-ring (bicyclic) bond motifs is 1. The molecule has 1 heterocycles. The van der Waals surface area contributed by atoms with Crippen LogP contribution in [0.2, 0.25) is 0 Å². The Labute approximate surface area is 338 Å². The van der Waals surface area contributed by atoms with Crippen LogP contribution >= 0.6 is 0 Å². The first-order chi connectivity index (χ1) is 28.7. The number of nitrogens with zero attached hydrogens (tertiary/aromatic N) is 3. The molecule has 9 aromatic carbocycles. The third-order valence-electron chi connectivity index (χ3n) is 10.8. The lowest BCUT2D eigenvalue weighted by Gasteiger charge is -2.15. The Hall–Kier alpha value is -7.75. The van der Waals surface area contributed by atoms with Crippen LogP contribution in [0.1, 0.15) is 0 Å². The van der Waals surface area contributed by atoms with Crippen LogP contribution in [0.15, 0.2) is 224 Å².